The number of nitrogens with one attached hydrogen (secondary N) is 1. The first kappa shape index (κ1) is 16.3. The maximum atomic E-state index is 6.26. The van der Waals surface area contributed by atoms with Crippen LogP contribution in [0.15, 0.2) is 42.5 Å². The van der Waals surface area contributed by atoms with Gasteiger partial charge in [0.25, 0.3) is 0 Å². The molecular weight excluding hydrogens is 303 g/mol. The van der Waals surface area contributed by atoms with Crippen LogP contribution in [-0.2, 0) is 6.42 Å². The molecule has 2 nitrogen and oxygen atoms in total. The number of hydrogen-bond acceptors (Lipinski definition) is 2. The fourth-order valence-electron chi connectivity index (χ4n) is 2.36. The summed E-state index contributed by atoms with van der Waals surface area (Å²) in [4.78, 5) is 0. The predicted molar refractivity (Wildman–Crippen MR) is 90.8 cm³/mol. The van der Waals surface area contributed by atoms with Crippen molar-refractivity contribution in [1.29, 1.82) is 0 Å². The van der Waals surface area contributed by atoms with E-state index in [1.54, 1.807) is 0 Å². The summed E-state index contributed by atoms with van der Waals surface area (Å²) in [5.74, 6) is 6.23. The van der Waals surface area contributed by atoms with E-state index in [0.717, 1.165) is 12.0 Å². The molecule has 1 atom stereocenters. The van der Waals surface area contributed by atoms with E-state index < -0.39 is 0 Å². The van der Waals surface area contributed by atoms with Gasteiger partial charge >= 0.3 is 0 Å². The maximum Gasteiger partial charge on any atom is 0.0529 e. The van der Waals surface area contributed by atoms with Gasteiger partial charge in [0.05, 0.1) is 6.04 Å². The minimum absolute atomic E-state index is 0.115. The number of benzene rings is 2. The lowest BCUT2D eigenvalue weighted by Crippen LogP contribution is -2.30. The van der Waals surface area contributed by atoms with Gasteiger partial charge in [0.15, 0.2) is 0 Å². The van der Waals surface area contributed by atoms with Crippen LogP contribution in [0.2, 0.25) is 10.0 Å². The molecule has 0 aliphatic carbocycles. The molecule has 0 amide bonds. The summed E-state index contributed by atoms with van der Waals surface area (Å²) in [6.45, 7) is 4.37. The first-order chi connectivity index (χ1) is 10.0. The van der Waals surface area contributed by atoms with Crippen LogP contribution in [0.25, 0.3) is 0 Å². The van der Waals surface area contributed by atoms with Crippen LogP contribution in [0.4, 0.5) is 0 Å². The molecule has 0 spiro atoms. The van der Waals surface area contributed by atoms with Crippen LogP contribution in [0, 0.1) is 0 Å². The van der Waals surface area contributed by atoms with Crippen molar-refractivity contribution in [2.75, 3.05) is 0 Å². The summed E-state index contributed by atoms with van der Waals surface area (Å²) in [7, 11) is 0. The Hall–Kier alpha value is -1.06. The summed E-state index contributed by atoms with van der Waals surface area (Å²) < 4.78 is 0. The Morgan fingerprint density at radius 2 is 1.57 bits per heavy atom. The molecule has 0 aliphatic heterocycles. The first-order valence-electron chi connectivity index (χ1n) is 7.01. The number of rotatable bonds is 5. The van der Waals surface area contributed by atoms with Gasteiger partial charge in [-0.2, -0.15) is 0 Å². The van der Waals surface area contributed by atoms with Crippen molar-refractivity contribution in [3.63, 3.8) is 0 Å². The lowest BCUT2D eigenvalue weighted by molar-refractivity contribution is 0.552. The second-order valence-corrected chi connectivity index (χ2v) is 6.27. The van der Waals surface area contributed by atoms with Gasteiger partial charge < -0.3 is 0 Å². The van der Waals surface area contributed by atoms with Crippen molar-refractivity contribution < 1.29 is 0 Å². The Morgan fingerprint density at radius 1 is 1.00 bits per heavy atom. The third kappa shape index (κ3) is 3.98. The van der Waals surface area contributed by atoms with Gasteiger partial charge in [0.2, 0.25) is 0 Å². The largest absolute Gasteiger partial charge is 0.271 e. The molecule has 0 bridgehead atoms. The zero-order valence-electron chi connectivity index (χ0n) is 12.2. The van der Waals surface area contributed by atoms with E-state index in [2.05, 4.69) is 43.5 Å². The average Bonchev–Trinajstić information content (AvgIpc) is 2.46. The third-order valence-corrected chi connectivity index (χ3v) is 4.29. The zero-order valence-corrected chi connectivity index (χ0v) is 13.7. The quantitative estimate of drug-likeness (QED) is 0.609. The smallest absolute Gasteiger partial charge is 0.0529 e. The van der Waals surface area contributed by atoms with E-state index in [9.17, 15) is 0 Å². The monoisotopic (exact) mass is 322 g/mol. The molecule has 1 unspecified atom stereocenters. The molecule has 0 saturated carbocycles. The Balaban J connectivity index is 2.23. The third-order valence-electron chi connectivity index (χ3n) is 3.64. The molecule has 3 N–H and O–H groups in total. The molecule has 21 heavy (non-hydrogen) atoms. The number of halogens is 2. The summed E-state index contributed by atoms with van der Waals surface area (Å²) in [6, 6.07) is 13.9. The average molecular weight is 323 g/mol. The van der Waals surface area contributed by atoms with E-state index in [1.165, 1.54) is 11.1 Å². The van der Waals surface area contributed by atoms with Gasteiger partial charge in [-0.05, 0) is 35.6 Å². The van der Waals surface area contributed by atoms with Crippen molar-refractivity contribution >= 4 is 23.2 Å². The van der Waals surface area contributed by atoms with E-state index in [4.69, 9.17) is 29.0 Å². The Labute approximate surface area is 136 Å². The fourth-order valence-corrected chi connectivity index (χ4v) is 3.02. The standard InChI is InChI=1S/C17H20Cl2N2/c1-11(2)13-8-6-12(7-9-13)10-16(21-20)17-14(18)4-3-5-15(17)19/h3-9,11,16,21H,10,20H2,1-2H3. The normalized spacial score (nSPS) is 12.7. The van der Waals surface area contributed by atoms with Crippen LogP contribution in [0.3, 0.4) is 0 Å². The fraction of sp³-hybridized carbons (Fsp3) is 0.294. The van der Waals surface area contributed by atoms with Gasteiger partial charge in [0, 0.05) is 15.6 Å². The molecule has 2 aromatic rings. The van der Waals surface area contributed by atoms with Crippen molar-refractivity contribution in [2.24, 2.45) is 5.84 Å². The van der Waals surface area contributed by atoms with Gasteiger partial charge in [-0.1, -0.05) is 67.4 Å². The topological polar surface area (TPSA) is 38.0 Å². The zero-order chi connectivity index (χ0) is 15.4. The second-order valence-electron chi connectivity index (χ2n) is 5.45. The highest BCUT2D eigenvalue weighted by Crippen LogP contribution is 2.32. The molecule has 0 aromatic heterocycles. The molecular formula is C17H20Cl2N2. The Bertz CT molecular complexity index is 574. The summed E-state index contributed by atoms with van der Waals surface area (Å²) in [5.41, 5.74) is 6.18. The van der Waals surface area contributed by atoms with Gasteiger partial charge in [-0.25, -0.2) is 0 Å². The molecule has 4 heteroatoms. The van der Waals surface area contributed by atoms with Crippen LogP contribution >= 0.6 is 23.2 Å². The SMILES string of the molecule is CC(C)c1ccc(CC(NN)c2c(Cl)cccc2Cl)cc1. The molecule has 0 aliphatic rings. The second kappa shape index (κ2) is 7.28. The van der Waals surface area contributed by atoms with Crippen molar-refractivity contribution in [2.45, 2.75) is 32.2 Å². The maximum absolute atomic E-state index is 6.26. The molecule has 0 radical (unpaired) electrons. The van der Waals surface area contributed by atoms with E-state index in [0.29, 0.717) is 16.0 Å². The summed E-state index contributed by atoms with van der Waals surface area (Å²) >= 11 is 12.5. The molecule has 2 aromatic carbocycles. The molecule has 0 fully saturated rings. The number of hydrazine groups is 1. The van der Waals surface area contributed by atoms with E-state index in [1.807, 2.05) is 18.2 Å². The minimum atomic E-state index is -0.115. The molecule has 2 rings (SSSR count). The van der Waals surface area contributed by atoms with Crippen molar-refractivity contribution in [1.82, 2.24) is 5.43 Å². The van der Waals surface area contributed by atoms with Crippen molar-refractivity contribution in [3.05, 3.63) is 69.2 Å². The van der Waals surface area contributed by atoms with Crippen LogP contribution in [-0.4, -0.2) is 0 Å². The molecule has 0 heterocycles. The van der Waals surface area contributed by atoms with Gasteiger partial charge in [-0.15, -0.1) is 0 Å². The summed E-state index contributed by atoms with van der Waals surface area (Å²) in [5, 5.41) is 1.26. The highest BCUT2D eigenvalue weighted by atomic mass is 35.5. The number of hydrogen-bond donors (Lipinski definition) is 2. The lowest BCUT2D eigenvalue weighted by Gasteiger charge is -2.19. The van der Waals surface area contributed by atoms with Crippen molar-refractivity contribution in [3.8, 4) is 0 Å². The number of nitrogens with two attached hydrogens (primary N) is 1. The van der Waals surface area contributed by atoms with Crippen LogP contribution in [0.1, 0.15) is 42.5 Å². The van der Waals surface area contributed by atoms with Gasteiger partial charge in [-0.3, -0.25) is 11.3 Å². The molecule has 0 saturated heterocycles. The Morgan fingerprint density at radius 3 is 2.05 bits per heavy atom. The molecule has 112 valence electrons. The van der Waals surface area contributed by atoms with Gasteiger partial charge in [0.1, 0.15) is 0 Å². The van der Waals surface area contributed by atoms with E-state index >= 15 is 0 Å². The minimum Gasteiger partial charge on any atom is -0.271 e. The Kier molecular flexibility index (Phi) is 5.65. The predicted octanol–water partition coefficient (Wildman–Crippen LogP) is 4.86. The first-order valence-corrected chi connectivity index (χ1v) is 7.77. The lowest BCUT2D eigenvalue weighted by atomic mass is 9.96. The van der Waals surface area contributed by atoms with Crippen LogP contribution < -0.4 is 11.3 Å². The van der Waals surface area contributed by atoms with E-state index in [-0.39, 0.29) is 6.04 Å². The summed E-state index contributed by atoms with van der Waals surface area (Å²) in [6.07, 6.45) is 0.734. The van der Waals surface area contributed by atoms with Crippen LogP contribution in [0.5, 0.6) is 0 Å². The highest BCUT2D eigenvalue weighted by Gasteiger charge is 2.17. The highest BCUT2D eigenvalue weighted by molar-refractivity contribution is 6.36.